The number of hydrogen-bond donors (Lipinski definition) is 4. The third-order valence-corrected chi connectivity index (χ3v) is 5.31. The normalized spacial score (nSPS) is 21.1. The molecule has 0 radical (unpaired) electrons. The van der Waals surface area contributed by atoms with E-state index < -0.39 is 35.0 Å². The van der Waals surface area contributed by atoms with Gasteiger partial charge in [0.1, 0.15) is 5.60 Å². The van der Waals surface area contributed by atoms with Gasteiger partial charge in [0.25, 0.3) is 5.91 Å². The van der Waals surface area contributed by atoms with Crippen LogP contribution < -0.4 is 21.7 Å². The Bertz CT molecular complexity index is 870. The largest absolute Gasteiger partial charge is 0.444 e. The first-order chi connectivity index (χ1) is 14.2. The van der Waals surface area contributed by atoms with Crippen molar-refractivity contribution in [2.75, 3.05) is 11.9 Å². The molecule has 1 fully saturated rings. The van der Waals surface area contributed by atoms with Crippen LogP contribution >= 0.6 is 0 Å². The number of alkyl carbamates (subject to hydrolysis) is 1. The highest BCUT2D eigenvalue weighted by Crippen LogP contribution is 2.50. The summed E-state index contributed by atoms with van der Waals surface area (Å²) in [6, 6.07) is 0.628. The minimum atomic E-state index is -0.760. The predicted molar refractivity (Wildman–Crippen MR) is 114 cm³/mol. The number of amides is 3. The van der Waals surface area contributed by atoms with E-state index in [1.807, 2.05) is 0 Å². The molecular formula is C21H32FN5O4. The predicted octanol–water partition coefficient (Wildman–Crippen LogP) is 2.24. The Morgan fingerprint density at radius 2 is 2.03 bits per heavy atom. The number of ether oxygens (including phenoxy) is 1. The molecule has 1 aromatic rings. The number of carbonyl (C=O) groups is 3. The molecule has 5 N–H and O–H groups in total. The van der Waals surface area contributed by atoms with E-state index in [2.05, 4.69) is 20.9 Å². The Balaban J connectivity index is 2.23. The quantitative estimate of drug-likeness (QED) is 0.493. The van der Waals surface area contributed by atoms with Gasteiger partial charge in [-0.05, 0) is 59.4 Å². The van der Waals surface area contributed by atoms with Gasteiger partial charge < -0.3 is 26.4 Å². The Hall–Kier alpha value is -2.91. The summed E-state index contributed by atoms with van der Waals surface area (Å²) < 4.78 is 20.0. The lowest BCUT2D eigenvalue weighted by atomic mass is 10.0. The lowest BCUT2D eigenvalue weighted by Crippen LogP contribution is -2.50. The minimum absolute atomic E-state index is 0.00929. The monoisotopic (exact) mass is 437 g/mol. The van der Waals surface area contributed by atoms with E-state index in [1.54, 1.807) is 34.6 Å². The Kier molecular flexibility index (Phi) is 7.13. The van der Waals surface area contributed by atoms with E-state index in [-0.39, 0.29) is 23.2 Å². The first-order valence-electron chi connectivity index (χ1n) is 10.2. The summed E-state index contributed by atoms with van der Waals surface area (Å²) in [5, 5.41) is 8.71. The van der Waals surface area contributed by atoms with Crippen LogP contribution in [0, 0.1) is 18.7 Å². The van der Waals surface area contributed by atoms with E-state index in [9.17, 15) is 18.8 Å². The molecule has 172 valence electrons. The van der Waals surface area contributed by atoms with Crippen molar-refractivity contribution < 1.29 is 23.5 Å². The molecule has 9 nitrogen and oxygen atoms in total. The highest BCUT2D eigenvalue weighted by Gasteiger charge is 2.58. The molecule has 1 aliphatic carbocycles. The fraction of sp³-hybridized carbons (Fsp3) is 0.619. The summed E-state index contributed by atoms with van der Waals surface area (Å²) in [5.41, 5.74) is 4.23. The number of nitrogens with zero attached hydrogens (tertiary/aromatic N) is 1. The molecule has 0 saturated heterocycles. The second-order valence-electron chi connectivity index (χ2n) is 9.02. The molecule has 3 atom stereocenters. The molecule has 0 spiro atoms. The second kappa shape index (κ2) is 9.07. The molecule has 1 aliphatic rings. The van der Waals surface area contributed by atoms with Crippen molar-refractivity contribution in [1.82, 2.24) is 15.6 Å². The summed E-state index contributed by atoms with van der Waals surface area (Å²) in [4.78, 5) is 39.1. The topological polar surface area (TPSA) is 135 Å². The van der Waals surface area contributed by atoms with Crippen LogP contribution in [0.1, 0.15) is 63.5 Å². The van der Waals surface area contributed by atoms with E-state index in [0.29, 0.717) is 25.1 Å². The molecule has 10 heteroatoms. The smallest absolute Gasteiger partial charge is 0.407 e. The van der Waals surface area contributed by atoms with Crippen LogP contribution in [0.3, 0.4) is 0 Å². The van der Waals surface area contributed by atoms with Gasteiger partial charge in [-0.25, -0.2) is 14.2 Å². The molecule has 31 heavy (non-hydrogen) atoms. The van der Waals surface area contributed by atoms with Crippen molar-refractivity contribution in [2.45, 2.75) is 71.6 Å². The van der Waals surface area contributed by atoms with Crippen LogP contribution in [0.2, 0.25) is 0 Å². The van der Waals surface area contributed by atoms with Gasteiger partial charge in [-0.2, -0.15) is 0 Å². The van der Waals surface area contributed by atoms with Crippen LogP contribution in [-0.4, -0.2) is 46.6 Å². The summed E-state index contributed by atoms with van der Waals surface area (Å²) in [6.07, 6.45) is 0.677. The number of primary amides is 1. The maximum absolute atomic E-state index is 14.7. The molecule has 0 aromatic carbocycles. The van der Waals surface area contributed by atoms with E-state index in [4.69, 9.17) is 10.5 Å². The zero-order chi connectivity index (χ0) is 23.6. The zero-order valence-corrected chi connectivity index (χ0v) is 18.9. The number of pyridine rings is 1. The molecule has 2 rings (SSSR count). The van der Waals surface area contributed by atoms with Gasteiger partial charge >= 0.3 is 6.09 Å². The number of rotatable bonds is 8. The average molecular weight is 438 g/mol. The molecular weight excluding hydrogens is 405 g/mol. The number of nitrogens with one attached hydrogen (secondary N) is 3. The second-order valence-corrected chi connectivity index (χ2v) is 9.02. The van der Waals surface area contributed by atoms with Crippen LogP contribution in [-0.2, 0) is 9.53 Å². The summed E-state index contributed by atoms with van der Waals surface area (Å²) in [6.45, 7) is 10.6. The number of aromatic nitrogens is 1. The lowest BCUT2D eigenvalue weighted by Gasteiger charge is -2.30. The van der Waals surface area contributed by atoms with Crippen LogP contribution in [0.25, 0.3) is 0 Å². The van der Waals surface area contributed by atoms with Gasteiger partial charge in [0.15, 0.2) is 11.6 Å². The molecule has 1 heterocycles. The molecule has 1 aromatic heterocycles. The molecule has 3 amide bonds. The number of nitrogens with two attached hydrogens (primary N) is 1. The van der Waals surface area contributed by atoms with Gasteiger partial charge in [-0.15, -0.1) is 0 Å². The average Bonchev–Trinajstić information content (AvgIpc) is 3.29. The maximum atomic E-state index is 14.7. The van der Waals surface area contributed by atoms with Crippen molar-refractivity contribution in [3.05, 3.63) is 23.1 Å². The SMILES string of the molecule is CC(=O)NCCC1CC1(Nc1nc(C)c(C(N)=O)cc1F)[C@H](C)NC(=O)OC(C)(C)C. The highest BCUT2D eigenvalue weighted by atomic mass is 19.1. The van der Waals surface area contributed by atoms with Crippen molar-refractivity contribution in [1.29, 1.82) is 0 Å². The van der Waals surface area contributed by atoms with Gasteiger partial charge in [0, 0.05) is 13.5 Å². The summed E-state index contributed by atoms with van der Waals surface area (Å²) in [5.74, 6) is -1.59. The third-order valence-electron chi connectivity index (χ3n) is 5.31. The Morgan fingerprint density at radius 1 is 1.39 bits per heavy atom. The molecule has 0 bridgehead atoms. The van der Waals surface area contributed by atoms with Crippen molar-refractivity contribution in [2.24, 2.45) is 11.7 Å². The number of anilines is 1. The first kappa shape index (κ1) is 24.4. The van der Waals surface area contributed by atoms with Crippen LogP contribution in [0.4, 0.5) is 15.0 Å². The van der Waals surface area contributed by atoms with E-state index in [0.717, 1.165) is 6.07 Å². The number of halogens is 1. The fourth-order valence-corrected chi connectivity index (χ4v) is 3.67. The van der Waals surface area contributed by atoms with Gasteiger partial charge in [0.2, 0.25) is 5.91 Å². The molecule has 1 saturated carbocycles. The Labute approximate surface area is 181 Å². The minimum Gasteiger partial charge on any atom is -0.444 e. The van der Waals surface area contributed by atoms with Crippen molar-refractivity contribution in [3.8, 4) is 0 Å². The first-order valence-corrected chi connectivity index (χ1v) is 10.2. The standard InChI is InChI=1S/C21H32FN5O4/c1-11-15(17(23)29)9-16(22)18(25-11)27-21(10-14(21)7-8-24-13(3)28)12(2)26-19(30)31-20(4,5)6/h9,12,14H,7-8,10H2,1-6H3,(H2,23,29)(H,24,28)(H,25,27)(H,26,30)/t12-,14?,21?/m0/s1. The number of hydrogen-bond acceptors (Lipinski definition) is 6. The maximum Gasteiger partial charge on any atom is 0.407 e. The van der Waals surface area contributed by atoms with Gasteiger partial charge in [0.05, 0.1) is 22.8 Å². The molecule has 0 aliphatic heterocycles. The van der Waals surface area contributed by atoms with Crippen molar-refractivity contribution >= 4 is 23.7 Å². The summed E-state index contributed by atoms with van der Waals surface area (Å²) >= 11 is 0. The highest BCUT2D eigenvalue weighted by molar-refractivity contribution is 5.94. The fourth-order valence-electron chi connectivity index (χ4n) is 3.67. The number of aryl methyl sites for hydroxylation is 1. The zero-order valence-electron chi connectivity index (χ0n) is 18.9. The number of carbonyl (C=O) groups excluding carboxylic acids is 3. The van der Waals surface area contributed by atoms with E-state index >= 15 is 0 Å². The van der Waals surface area contributed by atoms with E-state index in [1.165, 1.54) is 6.92 Å². The van der Waals surface area contributed by atoms with Gasteiger partial charge in [-0.3, -0.25) is 9.59 Å². The van der Waals surface area contributed by atoms with Crippen LogP contribution in [0.15, 0.2) is 6.07 Å². The van der Waals surface area contributed by atoms with Gasteiger partial charge in [-0.1, -0.05) is 0 Å². The summed E-state index contributed by atoms with van der Waals surface area (Å²) in [7, 11) is 0. The van der Waals surface area contributed by atoms with Crippen LogP contribution in [0.5, 0.6) is 0 Å². The molecule has 2 unspecified atom stereocenters. The lowest BCUT2D eigenvalue weighted by molar-refractivity contribution is -0.118. The third kappa shape index (κ3) is 6.28. The van der Waals surface area contributed by atoms with Crippen molar-refractivity contribution in [3.63, 3.8) is 0 Å². The Morgan fingerprint density at radius 3 is 2.58 bits per heavy atom.